The molecule has 7 nitrogen and oxygen atoms in total. The summed E-state index contributed by atoms with van der Waals surface area (Å²) in [6, 6.07) is 7.18. The molecule has 1 aromatic heterocycles. The molecule has 3 rings (SSSR count). The van der Waals surface area contributed by atoms with Crippen molar-refractivity contribution in [3.8, 4) is 5.75 Å². The minimum Gasteiger partial charge on any atom is -0.507 e. The van der Waals surface area contributed by atoms with Crippen molar-refractivity contribution in [2.24, 2.45) is 5.10 Å². The Bertz CT molecular complexity index is 739. The number of rotatable bonds is 3. The van der Waals surface area contributed by atoms with Crippen LogP contribution < -0.4 is 4.90 Å². The van der Waals surface area contributed by atoms with E-state index in [4.69, 9.17) is 17.0 Å². The third-order valence-electron chi connectivity index (χ3n) is 3.51. The molecule has 0 saturated carbocycles. The minimum absolute atomic E-state index is 0.169. The molecule has 0 spiro atoms. The number of hydrogen-bond donors (Lipinski definition) is 2. The van der Waals surface area contributed by atoms with Crippen molar-refractivity contribution in [1.82, 2.24) is 14.9 Å². The number of morpholine rings is 1. The lowest BCUT2D eigenvalue weighted by atomic mass is 10.2. The Morgan fingerprint density at radius 1 is 1.50 bits per heavy atom. The molecule has 1 aliphatic rings. The predicted octanol–water partition coefficient (Wildman–Crippen LogP) is 1.75. The number of aromatic nitrogens is 3. The second kappa shape index (κ2) is 6.29. The maximum absolute atomic E-state index is 9.79. The van der Waals surface area contributed by atoms with Crippen LogP contribution in [0.1, 0.15) is 12.5 Å². The number of anilines is 1. The van der Waals surface area contributed by atoms with E-state index in [1.165, 1.54) is 0 Å². The summed E-state index contributed by atoms with van der Waals surface area (Å²) < 4.78 is 7.40. The fourth-order valence-corrected chi connectivity index (χ4v) is 2.49. The summed E-state index contributed by atoms with van der Waals surface area (Å²) in [6.07, 6.45) is 1.56. The molecule has 22 heavy (non-hydrogen) atoms. The van der Waals surface area contributed by atoms with Crippen LogP contribution in [-0.4, -0.2) is 52.0 Å². The lowest BCUT2D eigenvalue weighted by Gasteiger charge is -2.33. The van der Waals surface area contributed by atoms with Gasteiger partial charge in [-0.1, -0.05) is 12.1 Å². The van der Waals surface area contributed by atoms with E-state index >= 15 is 0 Å². The fraction of sp³-hybridized carbons (Fsp3) is 0.357. The first-order valence-corrected chi connectivity index (χ1v) is 7.42. The second-order valence-electron chi connectivity index (χ2n) is 5.06. The summed E-state index contributed by atoms with van der Waals surface area (Å²) in [5.41, 5.74) is 0.617. The van der Waals surface area contributed by atoms with E-state index in [-0.39, 0.29) is 11.8 Å². The molecule has 0 bridgehead atoms. The molecular weight excluding hydrogens is 302 g/mol. The number of nitrogens with zero attached hydrogens (tertiary/aromatic N) is 4. The Labute approximate surface area is 132 Å². The van der Waals surface area contributed by atoms with Crippen molar-refractivity contribution in [3.63, 3.8) is 0 Å². The van der Waals surface area contributed by atoms with E-state index in [9.17, 15) is 5.11 Å². The van der Waals surface area contributed by atoms with Gasteiger partial charge >= 0.3 is 0 Å². The standard InChI is InChI=1S/C14H17N5O2S/c1-10-9-21-7-6-18(10)13-16-17-14(22)19(13)15-8-11-4-2-3-5-12(11)20/h2-5,8,10,20H,6-7,9H2,1H3,(H,17,22). The number of hydrogen-bond acceptors (Lipinski definition) is 6. The number of H-pyrrole nitrogens is 1. The highest BCUT2D eigenvalue weighted by atomic mass is 32.1. The van der Waals surface area contributed by atoms with Crippen molar-refractivity contribution < 1.29 is 9.84 Å². The van der Waals surface area contributed by atoms with Crippen molar-refractivity contribution in [2.45, 2.75) is 13.0 Å². The van der Waals surface area contributed by atoms with Crippen LogP contribution in [0.3, 0.4) is 0 Å². The van der Waals surface area contributed by atoms with Crippen LogP contribution in [0.4, 0.5) is 5.95 Å². The topological polar surface area (TPSA) is 78.7 Å². The predicted molar refractivity (Wildman–Crippen MR) is 86.1 cm³/mol. The minimum atomic E-state index is 0.169. The number of benzene rings is 1. The van der Waals surface area contributed by atoms with Crippen molar-refractivity contribution >= 4 is 24.4 Å². The maximum Gasteiger partial charge on any atom is 0.247 e. The highest BCUT2D eigenvalue weighted by molar-refractivity contribution is 7.71. The van der Waals surface area contributed by atoms with E-state index < -0.39 is 0 Å². The Kier molecular flexibility index (Phi) is 4.21. The van der Waals surface area contributed by atoms with Crippen LogP contribution >= 0.6 is 12.2 Å². The zero-order valence-corrected chi connectivity index (χ0v) is 13.0. The van der Waals surface area contributed by atoms with Gasteiger partial charge in [0.15, 0.2) is 0 Å². The molecule has 0 amide bonds. The van der Waals surface area contributed by atoms with Gasteiger partial charge in [-0.3, -0.25) is 0 Å². The van der Waals surface area contributed by atoms with Gasteiger partial charge in [-0.15, -0.1) is 5.10 Å². The average Bonchev–Trinajstić information content (AvgIpc) is 2.88. The summed E-state index contributed by atoms with van der Waals surface area (Å²) in [7, 11) is 0. The van der Waals surface area contributed by atoms with Gasteiger partial charge in [0, 0.05) is 12.1 Å². The van der Waals surface area contributed by atoms with Crippen molar-refractivity contribution in [2.75, 3.05) is 24.7 Å². The zero-order chi connectivity index (χ0) is 15.5. The van der Waals surface area contributed by atoms with Gasteiger partial charge in [-0.25, -0.2) is 5.10 Å². The monoisotopic (exact) mass is 319 g/mol. The first kappa shape index (κ1) is 14.7. The number of phenolic OH excluding ortho intramolecular Hbond substituents is 1. The van der Waals surface area contributed by atoms with Crippen LogP contribution in [-0.2, 0) is 4.74 Å². The SMILES string of the molecule is CC1COCCN1c1n[nH]c(=S)n1N=Cc1ccccc1O. The van der Waals surface area contributed by atoms with Crippen LogP contribution in [0.2, 0.25) is 0 Å². The first-order chi connectivity index (χ1) is 10.7. The first-order valence-electron chi connectivity index (χ1n) is 7.01. The van der Waals surface area contributed by atoms with E-state index in [0.29, 0.717) is 29.5 Å². The third-order valence-corrected chi connectivity index (χ3v) is 3.77. The molecule has 8 heteroatoms. The van der Waals surface area contributed by atoms with E-state index in [0.717, 1.165) is 6.54 Å². The molecule has 2 heterocycles. The fourth-order valence-electron chi connectivity index (χ4n) is 2.31. The summed E-state index contributed by atoms with van der Waals surface area (Å²) >= 11 is 5.24. The van der Waals surface area contributed by atoms with Crippen LogP contribution in [0.5, 0.6) is 5.75 Å². The zero-order valence-electron chi connectivity index (χ0n) is 12.1. The third kappa shape index (κ3) is 2.88. The molecular formula is C14H17N5O2S. The van der Waals surface area contributed by atoms with Crippen LogP contribution in [0.15, 0.2) is 29.4 Å². The molecule has 1 fully saturated rings. The molecule has 1 aromatic carbocycles. The molecule has 1 unspecified atom stereocenters. The van der Waals surface area contributed by atoms with Gasteiger partial charge in [-0.2, -0.15) is 9.78 Å². The Hall–Kier alpha value is -2.19. The van der Waals surface area contributed by atoms with Crippen LogP contribution in [0, 0.1) is 4.77 Å². The molecule has 0 radical (unpaired) electrons. The quantitative estimate of drug-likeness (QED) is 0.666. The van der Waals surface area contributed by atoms with Crippen molar-refractivity contribution in [3.05, 3.63) is 34.6 Å². The van der Waals surface area contributed by atoms with Crippen LogP contribution in [0.25, 0.3) is 0 Å². The molecule has 116 valence electrons. The molecule has 0 aliphatic carbocycles. The van der Waals surface area contributed by atoms with Gasteiger partial charge in [-0.05, 0) is 31.3 Å². The van der Waals surface area contributed by atoms with Gasteiger partial charge in [0.2, 0.25) is 10.7 Å². The lowest BCUT2D eigenvalue weighted by Crippen LogP contribution is -2.44. The molecule has 1 saturated heterocycles. The van der Waals surface area contributed by atoms with Crippen molar-refractivity contribution in [1.29, 1.82) is 0 Å². The van der Waals surface area contributed by atoms with E-state index in [2.05, 4.69) is 27.1 Å². The molecule has 2 aromatic rings. The normalized spacial score (nSPS) is 19.0. The van der Waals surface area contributed by atoms with E-state index in [1.54, 1.807) is 29.1 Å². The van der Waals surface area contributed by atoms with E-state index in [1.807, 2.05) is 6.07 Å². The highest BCUT2D eigenvalue weighted by Crippen LogP contribution is 2.18. The van der Waals surface area contributed by atoms with Gasteiger partial charge in [0.05, 0.1) is 25.5 Å². The summed E-state index contributed by atoms with van der Waals surface area (Å²) in [4.78, 5) is 2.10. The average molecular weight is 319 g/mol. The molecule has 2 N–H and O–H groups in total. The lowest BCUT2D eigenvalue weighted by molar-refractivity contribution is 0.0977. The summed E-state index contributed by atoms with van der Waals surface area (Å²) in [6.45, 7) is 4.08. The number of nitrogens with one attached hydrogen (secondary N) is 1. The number of para-hydroxylation sites is 1. The smallest absolute Gasteiger partial charge is 0.247 e. The Morgan fingerprint density at radius 3 is 3.09 bits per heavy atom. The second-order valence-corrected chi connectivity index (χ2v) is 5.45. The Morgan fingerprint density at radius 2 is 2.32 bits per heavy atom. The molecule has 1 aliphatic heterocycles. The van der Waals surface area contributed by atoms with Gasteiger partial charge < -0.3 is 14.7 Å². The summed E-state index contributed by atoms with van der Waals surface area (Å²) in [5.74, 6) is 0.815. The molecule has 1 atom stereocenters. The maximum atomic E-state index is 9.79. The number of ether oxygens (including phenoxy) is 1. The largest absolute Gasteiger partial charge is 0.507 e. The highest BCUT2D eigenvalue weighted by Gasteiger charge is 2.23. The number of aromatic hydroxyl groups is 1. The summed E-state index contributed by atoms with van der Waals surface area (Å²) in [5, 5.41) is 21.2. The Balaban J connectivity index is 1.93. The number of aromatic amines is 1. The number of phenols is 1. The van der Waals surface area contributed by atoms with Gasteiger partial charge in [0.25, 0.3) is 0 Å². The van der Waals surface area contributed by atoms with Gasteiger partial charge in [0.1, 0.15) is 5.75 Å².